The minimum absolute atomic E-state index is 0.0475. The summed E-state index contributed by atoms with van der Waals surface area (Å²) in [5, 5.41) is 3.02. The van der Waals surface area contributed by atoms with Crippen LogP contribution < -0.4 is 14.8 Å². The van der Waals surface area contributed by atoms with E-state index in [1.807, 2.05) is 18.2 Å². The highest BCUT2D eigenvalue weighted by atomic mass is 16.5. The molecule has 0 radical (unpaired) electrons. The molecule has 6 heteroatoms. The van der Waals surface area contributed by atoms with Gasteiger partial charge in [0.15, 0.2) is 11.5 Å². The van der Waals surface area contributed by atoms with Gasteiger partial charge in [0, 0.05) is 45.7 Å². The van der Waals surface area contributed by atoms with Gasteiger partial charge in [-0.05, 0) is 42.3 Å². The van der Waals surface area contributed by atoms with Gasteiger partial charge in [0.1, 0.15) is 0 Å². The largest absolute Gasteiger partial charge is 0.493 e. The molecule has 1 heterocycles. The van der Waals surface area contributed by atoms with Gasteiger partial charge >= 0.3 is 0 Å². The summed E-state index contributed by atoms with van der Waals surface area (Å²) in [6.45, 7) is 6.05. The zero-order chi connectivity index (χ0) is 21.3. The van der Waals surface area contributed by atoms with Crippen molar-refractivity contribution in [3.8, 4) is 11.5 Å². The lowest BCUT2D eigenvalue weighted by Crippen LogP contribution is -2.43. The first-order valence-corrected chi connectivity index (χ1v) is 10.5. The van der Waals surface area contributed by atoms with Crippen LogP contribution >= 0.6 is 0 Å². The number of amides is 1. The first kappa shape index (κ1) is 22.1. The third kappa shape index (κ3) is 6.47. The molecule has 0 unspecified atom stereocenters. The lowest BCUT2D eigenvalue weighted by Gasteiger charge is -2.32. The van der Waals surface area contributed by atoms with Crippen LogP contribution in [0.1, 0.15) is 23.1 Å². The van der Waals surface area contributed by atoms with Crippen molar-refractivity contribution in [2.75, 3.05) is 47.4 Å². The predicted molar refractivity (Wildman–Crippen MR) is 119 cm³/mol. The second-order valence-electron chi connectivity index (χ2n) is 7.86. The van der Waals surface area contributed by atoms with Gasteiger partial charge in [-0.25, -0.2) is 0 Å². The summed E-state index contributed by atoms with van der Waals surface area (Å²) >= 11 is 0. The molecular weight excluding hydrogens is 378 g/mol. The Balaban J connectivity index is 1.41. The number of rotatable bonds is 9. The minimum atomic E-state index is 0.0475. The Kier molecular flexibility index (Phi) is 8.11. The molecule has 1 amide bonds. The zero-order valence-corrected chi connectivity index (χ0v) is 18.3. The Morgan fingerprint density at radius 2 is 1.53 bits per heavy atom. The number of piperazine rings is 1. The lowest BCUT2D eigenvalue weighted by molar-refractivity contribution is -0.121. The van der Waals surface area contributed by atoms with E-state index < -0.39 is 0 Å². The Labute approximate surface area is 179 Å². The zero-order valence-electron chi connectivity index (χ0n) is 18.3. The maximum atomic E-state index is 12.2. The van der Waals surface area contributed by atoms with Crippen molar-refractivity contribution in [2.24, 2.45) is 0 Å². The summed E-state index contributed by atoms with van der Waals surface area (Å²) in [7, 11) is 5.41. The molecule has 0 aliphatic carbocycles. The molecule has 3 rings (SSSR count). The summed E-state index contributed by atoms with van der Waals surface area (Å²) in [5.41, 5.74) is 3.50. The van der Waals surface area contributed by atoms with Crippen LogP contribution in [-0.2, 0) is 24.3 Å². The number of hydrogen-bond donors (Lipinski definition) is 1. The van der Waals surface area contributed by atoms with Crippen LogP contribution in [-0.4, -0.2) is 63.2 Å². The van der Waals surface area contributed by atoms with E-state index in [9.17, 15) is 4.79 Å². The smallest absolute Gasteiger partial charge is 0.220 e. The lowest BCUT2D eigenvalue weighted by atomic mass is 10.1. The molecule has 2 aromatic rings. The molecule has 1 fully saturated rings. The molecule has 0 aromatic heterocycles. The van der Waals surface area contributed by atoms with Crippen molar-refractivity contribution in [3.63, 3.8) is 0 Å². The maximum Gasteiger partial charge on any atom is 0.220 e. The molecular formula is C24H33N3O3. The maximum absolute atomic E-state index is 12.2. The number of likely N-dealkylation sites (N-methyl/N-ethyl adjacent to an activating group) is 1. The molecule has 0 atom stereocenters. The van der Waals surface area contributed by atoms with Gasteiger partial charge in [-0.3, -0.25) is 9.69 Å². The number of nitrogens with one attached hydrogen (secondary N) is 1. The quantitative estimate of drug-likeness (QED) is 0.688. The molecule has 30 heavy (non-hydrogen) atoms. The number of aryl methyl sites for hydroxylation is 1. The average molecular weight is 412 g/mol. The standard InChI is InChI=1S/C24H33N3O3/c1-26-12-14-27(15-13-26)18-21-6-4-20(5-7-21)17-25-24(28)11-9-19-8-10-22(29-2)23(16-19)30-3/h4-8,10,16H,9,11-15,17-18H2,1-3H3,(H,25,28). The van der Waals surface area contributed by atoms with Crippen molar-refractivity contribution < 1.29 is 14.3 Å². The van der Waals surface area contributed by atoms with Gasteiger partial charge in [-0.15, -0.1) is 0 Å². The first-order chi connectivity index (χ1) is 14.6. The van der Waals surface area contributed by atoms with Crippen LogP contribution in [0.3, 0.4) is 0 Å². The topological polar surface area (TPSA) is 54.0 Å². The summed E-state index contributed by atoms with van der Waals surface area (Å²) < 4.78 is 10.6. The van der Waals surface area contributed by atoms with Crippen LogP contribution in [0.25, 0.3) is 0 Å². The highest BCUT2D eigenvalue weighted by Crippen LogP contribution is 2.27. The fourth-order valence-corrected chi connectivity index (χ4v) is 3.61. The Hall–Kier alpha value is -2.57. The Morgan fingerprint density at radius 1 is 0.900 bits per heavy atom. The number of benzene rings is 2. The summed E-state index contributed by atoms with van der Waals surface area (Å²) in [6.07, 6.45) is 1.10. The fourth-order valence-electron chi connectivity index (χ4n) is 3.61. The Morgan fingerprint density at radius 3 is 2.20 bits per heavy atom. The average Bonchev–Trinajstić information content (AvgIpc) is 2.78. The first-order valence-electron chi connectivity index (χ1n) is 10.5. The molecule has 6 nitrogen and oxygen atoms in total. The number of nitrogens with zero attached hydrogens (tertiary/aromatic N) is 2. The molecule has 1 aliphatic heterocycles. The van der Waals surface area contributed by atoms with E-state index in [0.29, 0.717) is 30.9 Å². The fraction of sp³-hybridized carbons (Fsp3) is 0.458. The van der Waals surface area contributed by atoms with E-state index in [1.165, 1.54) is 5.56 Å². The van der Waals surface area contributed by atoms with Gasteiger partial charge in [-0.2, -0.15) is 0 Å². The monoisotopic (exact) mass is 411 g/mol. The van der Waals surface area contributed by atoms with Gasteiger partial charge in [-0.1, -0.05) is 30.3 Å². The Bertz CT molecular complexity index is 815. The number of hydrogen-bond acceptors (Lipinski definition) is 5. The van der Waals surface area contributed by atoms with E-state index in [2.05, 4.69) is 46.4 Å². The molecule has 1 N–H and O–H groups in total. The highest BCUT2D eigenvalue weighted by Gasteiger charge is 2.13. The third-order valence-corrected chi connectivity index (χ3v) is 5.60. The van der Waals surface area contributed by atoms with E-state index in [1.54, 1.807) is 14.2 Å². The van der Waals surface area contributed by atoms with Gasteiger partial charge in [0.05, 0.1) is 14.2 Å². The highest BCUT2D eigenvalue weighted by molar-refractivity contribution is 5.76. The second-order valence-corrected chi connectivity index (χ2v) is 7.86. The molecule has 162 valence electrons. The van der Waals surface area contributed by atoms with Crippen molar-refractivity contribution in [3.05, 3.63) is 59.2 Å². The molecule has 1 aliphatic rings. The summed E-state index contributed by atoms with van der Waals surface area (Å²) in [6, 6.07) is 14.3. The number of carbonyl (C=O) groups excluding carboxylic acids is 1. The van der Waals surface area contributed by atoms with Gasteiger partial charge in [0.25, 0.3) is 0 Å². The molecule has 0 bridgehead atoms. The van der Waals surface area contributed by atoms with E-state index in [0.717, 1.165) is 43.9 Å². The van der Waals surface area contributed by atoms with Crippen molar-refractivity contribution in [1.82, 2.24) is 15.1 Å². The van der Waals surface area contributed by atoms with E-state index in [4.69, 9.17) is 9.47 Å². The van der Waals surface area contributed by atoms with E-state index in [-0.39, 0.29) is 5.91 Å². The van der Waals surface area contributed by atoms with Crippen LogP contribution in [0.5, 0.6) is 11.5 Å². The van der Waals surface area contributed by atoms with Gasteiger partial charge < -0.3 is 19.7 Å². The number of carbonyl (C=O) groups is 1. The SMILES string of the molecule is COc1ccc(CCC(=O)NCc2ccc(CN3CCN(C)CC3)cc2)cc1OC. The molecule has 0 saturated carbocycles. The summed E-state index contributed by atoms with van der Waals surface area (Å²) in [4.78, 5) is 17.1. The number of ether oxygens (including phenoxy) is 2. The summed E-state index contributed by atoms with van der Waals surface area (Å²) in [5.74, 6) is 1.43. The number of methoxy groups -OCH3 is 2. The molecule has 1 saturated heterocycles. The van der Waals surface area contributed by atoms with Crippen LogP contribution in [0.4, 0.5) is 0 Å². The second kappa shape index (κ2) is 11.0. The van der Waals surface area contributed by atoms with Crippen molar-refractivity contribution >= 4 is 5.91 Å². The van der Waals surface area contributed by atoms with Crippen molar-refractivity contribution in [1.29, 1.82) is 0 Å². The van der Waals surface area contributed by atoms with Crippen molar-refractivity contribution in [2.45, 2.75) is 25.9 Å². The minimum Gasteiger partial charge on any atom is -0.493 e. The van der Waals surface area contributed by atoms with Gasteiger partial charge in [0.2, 0.25) is 5.91 Å². The van der Waals surface area contributed by atoms with Crippen LogP contribution in [0, 0.1) is 0 Å². The van der Waals surface area contributed by atoms with Crippen LogP contribution in [0.15, 0.2) is 42.5 Å². The van der Waals surface area contributed by atoms with E-state index >= 15 is 0 Å². The predicted octanol–water partition coefficient (Wildman–Crippen LogP) is 2.70. The normalized spacial score (nSPS) is 15.0. The van der Waals surface area contributed by atoms with Crippen LogP contribution in [0.2, 0.25) is 0 Å². The molecule has 2 aromatic carbocycles. The molecule has 0 spiro atoms. The third-order valence-electron chi connectivity index (χ3n) is 5.60.